The number of amides is 1. The number of hydrogen-bond donors (Lipinski definition) is 2. The molecule has 1 aromatic heterocycles. The summed E-state index contributed by atoms with van der Waals surface area (Å²) in [6.45, 7) is 3.93. The van der Waals surface area contributed by atoms with Gasteiger partial charge in [-0.05, 0) is 17.5 Å². The molecule has 35 heavy (non-hydrogen) atoms. The lowest BCUT2D eigenvalue weighted by Crippen LogP contribution is -2.50. The van der Waals surface area contributed by atoms with Gasteiger partial charge in [0.15, 0.2) is 0 Å². The van der Waals surface area contributed by atoms with Crippen LogP contribution < -0.4 is 21.9 Å². The number of benzene rings is 2. The Kier molecular flexibility index (Phi) is 7.67. The van der Waals surface area contributed by atoms with Crippen molar-refractivity contribution in [2.75, 3.05) is 36.9 Å². The van der Waals surface area contributed by atoms with Crippen molar-refractivity contribution in [1.82, 2.24) is 14.5 Å². The molecule has 2 aromatic carbocycles. The van der Waals surface area contributed by atoms with Crippen LogP contribution in [0.3, 0.4) is 0 Å². The number of anilines is 2. The Bertz CT molecular complexity index is 1260. The number of nitrogens with one attached hydrogen (secondary N) is 1. The maximum atomic E-state index is 13.3. The van der Waals surface area contributed by atoms with Crippen LogP contribution in [-0.2, 0) is 22.6 Å². The quantitative estimate of drug-likeness (QED) is 0.512. The van der Waals surface area contributed by atoms with Gasteiger partial charge in [-0.3, -0.25) is 19.1 Å². The largest absolute Gasteiger partial charge is 0.383 e. The average Bonchev–Trinajstić information content (AvgIpc) is 2.87. The topological polar surface area (TPSA) is 114 Å². The number of rotatable bonds is 8. The molecule has 1 amide bonds. The van der Waals surface area contributed by atoms with Crippen LogP contribution in [0.2, 0.25) is 0 Å². The fraction of sp³-hybridized carbons (Fsp3) is 0.346. The lowest BCUT2D eigenvalue weighted by molar-refractivity contribution is -0.137. The highest BCUT2D eigenvalue weighted by molar-refractivity contribution is 5.82. The van der Waals surface area contributed by atoms with E-state index in [2.05, 4.69) is 4.98 Å². The van der Waals surface area contributed by atoms with Crippen molar-refractivity contribution in [1.29, 1.82) is 0 Å². The number of carbonyl (C=O) groups excluding carboxylic acids is 1. The Labute approximate surface area is 203 Å². The van der Waals surface area contributed by atoms with E-state index in [0.29, 0.717) is 19.7 Å². The number of hydrogen-bond acceptors (Lipinski definition) is 6. The molecule has 3 N–H and O–H groups in total. The lowest BCUT2D eigenvalue weighted by atomic mass is 10.2. The second-order valence-corrected chi connectivity index (χ2v) is 8.65. The van der Waals surface area contributed by atoms with Crippen LogP contribution in [0, 0.1) is 0 Å². The van der Waals surface area contributed by atoms with E-state index < -0.39 is 11.2 Å². The van der Waals surface area contributed by atoms with Crippen molar-refractivity contribution < 1.29 is 9.53 Å². The number of H-pyrrole nitrogens is 1. The number of nitrogen functional groups attached to an aromatic ring is 1. The molecule has 1 unspecified atom stereocenters. The van der Waals surface area contributed by atoms with Gasteiger partial charge < -0.3 is 20.3 Å². The Morgan fingerprint density at radius 3 is 2.40 bits per heavy atom. The summed E-state index contributed by atoms with van der Waals surface area (Å²) >= 11 is 0. The number of aromatic nitrogens is 2. The van der Waals surface area contributed by atoms with Gasteiger partial charge in [-0.2, -0.15) is 0 Å². The van der Waals surface area contributed by atoms with Gasteiger partial charge in [0.2, 0.25) is 5.91 Å². The van der Waals surface area contributed by atoms with E-state index in [9.17, 15) is 14.4 Å². The van der Waals surface area contributed by atoms with Crippen LogP contribution in [0.5, 0.6) is 0 Å². The normalized spacial score (nSPS) is 15.7. The van der Waals surface area contributed by atoms with Crippen molar-refractivity contribution in [2.45, 2.75) is 32.5 Å². The maximum absolute atomic E-state index is 13.3. The second-order valence-electron chi connectivity index (χ2n) is 8.65. The zero-order chi connectivity index (χ0) is 24.8. The van der Waals surface area contributed by atoms with Crippen molar-refractivity contribution in [3.8, 4) is 0 Å². The molecule has 2 heterocycles. The van der Waals surface area contributed by atoms with E-state index in [1.807, 2.05) is 67.6 Å². The highest BCUT2D eigenvalue weighted by Gasteiger charge is 2.27. The fourth-order valence-corrected chi connectivity index (χ4v) is 4.28. The Morgan fingerprint density at radius 2 is 1.74 bits per heavy atom. The summed E-state index contributed by atoms with van der Waals surface area (Å²) in [5.41, 5.74) is 7.12. The highest BCUT2D eigenvalue weighted by Crippen LogP contribution is 2.21. The van der Waals surface area contributed by atoms with Crippen molar-refractivity contribution in [3.63, 3.8) is 0 Å². The molecule has 1 saturated heterocycles. The van der Waals surface area contributed by atoms with E-state index >= 15 is 0 Å². The Hall–Kier alpha value is -3.85. The molecular weight excluding hydrogens is 446 g/mol. The smallest absolute Gasteiger partial charge is 0.330 e. The van der Waals surface area contributed by atoms with Gasteiger partial charge in [0.05, 0.1) is 25.8 Å². The first-order chi connectivity index (χ1) is 17.0. The molecule has 0 spiro atoms. The number of nitrogens with two attached hydrogens (primary N) is 1. The summed E-state index contributed by atoms with van der Waals surface area (Å²) in [5.74, 6) is -0.0953. The minimum Gasteiger partial charge on any atom is -0.383 e. The summed E-state index contributed by atoms with van der Waals surface area (Å²) in [5, 5.41) is 0. The molecule has 184 valence electrons. The zero-order valence-corrected chi connectivity index (χ0v) is 19.9. The summed E-state index contributed by atoms with van der Waals surface area (Å²) in [6.07, 6.45) is 0.811. The first-order valence-corrected chi connectivity index (χ1v) is 11.8. The predicted octanol–water partition coefficient (Wildman–Crippen LogP) is 1.81. The first kappa shape index (κ1) is 24.3. The Morgan fingerprint density at radius 1 is 1.09 bits per heavy atom. The monoisotopic (exact) mass is 477 g/mol. The summed E-state index contributed by atoms with van der Waals surface area (Å²) in [6, 6.07) is 18.9. The van der Waals surface area contributed by atoms with E-state index in [0.717, 1.165) is 17.5 Å². The van der Waals surface area contributed by atoms with Crippen LogP contribution >= 0.6 is 0 Å². The minimum absolute atomic E-state index is 0.00322. The summed E-state index contributed by atoms with van der Waals surface area (Å²) in [7, 11) is 0. The zero-order valence-electron chi connectivity index (χ0n) is 19.9. The van der Waals surface area contributed by atoms with Gasteiger partial charge in [0.25, 0.3) is 5.56 Å². The fourth-order valence-electron chi connectivity index (χ4n) is 4.28. The number of nitrogens with zero attached hydrogens (tertiary/aromatic N) is 3. The van der Waals surface area contributed by atoms with Crippen LogP contribution in [0.15, 0.2) is 70.3 Å². The van der Waals surface area contributed by atoms with Gasteiger partial charge in [0, 0.05) is 19.6 Å². The maximum Gasteiger partial charge on any atom is 0.330 e. The average molecular weight is 478 g/mol. The van der Waals surface area contributed by atoms with Crippen LogP contribution in [0.1, 0.15) is 24.5 Å². The van der Waals surface area contributed by atoms with E-state index in [-0.39, 0.29) is 43.2 Å². The van der Waals surface area contributed by atoms with E-state index in [1.54, 1.807) is 9.80 Å². The number of morpholine rings is 1. The number of aromatic amines is 1. The van der Waals surface area contributed by atoms with Crippen LogP contribution in [0.25, 0.3) is 0 Å². The molecule has 0 radical (unpaired) electrons. The number of carbonyl (C=O) groups is 1. The van der Waals surface area contributed by atoms with Gasteiger partial charge in [-0.25, -0.2) is 4.79 Å². The first-order valence-electron chi connectivity index (χ1n) is 11.8. The molecule has 1 aliphatic rings. The molecule has 0 saturated carbocycles. The number of ether oxygens (including phenoxy) is 1. The SMILES string of the molecule is CCC1CN(C(=O)CN(Cc2ccccc2)c2c(N)n(Cc3ccccc3)c(=O)[nH]c2=O)CCO1. The van der Waals surface area contributed by atoms with Gasteiger partial charge in [-0.15, -0.1) is 0 Å². The van der Waals surface area contributed by atoms with Crippen LogP contribution in [-0.4, -0.2) is 52.7 Å². The molecule has 3 aromatic rings. The van der Waals surface area contributed by atoms with Gasteiger partial charge in [-0.1, -0.05) is 67.6 Å². The minimum atomic E-state index is -0.617. The molecule has 4 rings (SSSR count). The summed E-state index contributed by atoms with van der Waals surface area (Å²) < 4.78 is 7.03. The van der Waals surface area contributed by atoms with Crippen molar-refractivity contribution >= 4 is 17.4 Å². The van der Waals surface area contributed by atoms with E-state index in [1.165, 1.54) is 4.57 Å². The third-order valence-corrected chi connectivity index (χ3v) is 6.20. The predicted molar refractivity (Wildman–Crippen MR) is 135 cm³/mol. The molecule has 9 nitrogen and oxygen atoms in total. The van der Waals surface area contributed by atoms with Crippen molar-refractivity contribution in [2.24, 2.45) is 0 Å². The third-order valence-electron chi connectivity index (χ3n) is 6.20. The van der Waals surface area contributed by atoms with E-state index in [4.69, 9.17) is 10.5 Å². The molecule has 9 heteroatoms. The van der Waals surface area contributed by atoms with Gasteiger partial charge in [0.1, 0.15) is 11.5 Å². The Balaban J connectivity index is 1.69. The highest BCUT2D eigenvalue weighted by atomic mass is 16.5. The molecule has 0 bridgehead atoms. The van der Waals surface area contributed by atoms with Crippen LogP contribution in [0.4, 0.5) is 11.5 Å². The standard InChI is InChI=1S/C26H31N5O4/c1-2-21-17-29(13-14-35-21)22(32)18-30(15-19-9-5-3-6-10-19)23-24(27)31(26(34)28-25(23)33)16-20-11-7-4-8-12-20/h3-12,21H,2,13-18,27H2,1H3,(H,28,33,34). The molecular formula is C26H31N5O4. The summed E-state index contributed by atoms with van der Waals surface area (Å²) in [4.78, 5) is 44.8. The lowest BCUT2D eigenvalue weighted by Gasteiger charge is -2.34. The van der Waals surface area contributed by atoms with Gasteiger partial charge >= 0.3 is 5.69 Å². The molecule has 0 aliphatic carbocycles. The molecule has 1 atom stereocenters. The van der Waals surface area contributed by atoms with Crippen molar-refractivity contribution in [3.05, 3.63) is 92.6 Å². The second kappa shape index (κ2) is 11.1. The third kappa shape index (κ3) is 5.81. The molecule has 1 aliphatic heterocycles. The molecule has 1 fully saturated rings.